The van der Waals surface area contributed by atoms with Gasteiger partial charge in [0.15, 0.2) is 17.4 Å². The van der Waals surface area contributed by atoms with Gasteiger partial charge in [-0.15, -0.1) is 0 Å². The van der Waals surface area contributed by atoms with Crippen LogP contribution in [0.2, 0.25) is 0 Å². The first-order valence-electron chi connectivity index (χ1n) is 10.7. The van der Waals surface area contributed by atoms with E-state index < -0.39 is 0 Å². The van der Waals surface area contributed by atoms with Crippen molar-refractivity contribution < 1.29 is 9.13 Å². The van der Waals surface area contributed by atoms with Crippen molar-refractivity contribution in [2.75, 3.05) is 37.0 Å². The lowest BCUT2D eigenvalue weighted by molar-refractivity contribution is 0.259. The third-order valence-electron chi connectivity index (χ3n) is 5.94. The van der Waals surface area contributed by atoms with E-state index in [1.54, 1.807) is 0 Å². The van der Waals surface area contributed by atoms with Gasteiger partial charge in [0.05, 0.1) is 30.2 Å². The van der Waals surface area contributed by atoms with Crippen LogP contribution in [0, 0.1) is 5.82 Å². The molecule has 1 N–H and O–H groups in total. The van der Waals surface area contributed by atoms with Crippen LogP contribution in [-0.2, 0) is 20.1 Å². The number of nitrogens with one attached hydrogen (secondary N) is 1. The zero-order chi connectivity index (χ0) is 21.7. The quantitative estimate of drug-likeness (QED) is 0.693. The Bertz CT molecular complexity index is 1120. The van der Waals surface area contributed by atoms with E-state index in [1.165, 1.54) is 11.8 Å². The topological polar surface area (TPSA) is 63.4 Å². The summed E-state index contributed by atoms with van der Waals surface area (Å²) in [5, 5.41) is 7.96. The fraction of sp³-hybridized carbons (Fsp3) is 0.455. The van der Waals surface area contributed by atoms with Crippen molar-refractivity contribution in [3.8, 4) is 17.0 Å². The van der Waals surface area contributed by atoms with Crippen LogP contribution in [0.5, 0.6) is 5.75 Å². The van der Waals surface area contributed by atoms with Gasteiger partial charge in [-0.05, 0) is 33.0 Å². The molecule has 5 rings (SSSR count). The minimum absolute atomic E-state index is 0.254. The van der Waals surface area contributed by atoms with E-state index in [0.29, 0.717) is 24.0 Å². The molecule has 4 heterocycles. The van der Waals surface area contributed by atoms with Gasteiger partial charge in [0.2, 0.25) is 5.95 Å². The molecule has 0 bridgehead atoms. The Morgan fingerprint density at radius 3 is 2.77 bits per heavy atom. The highest BCUT2D eigenvalue weighted by Gasteiger charge is 2.25. The molecule has 0 aliphatic carbocycles. The van der Waals surface area contributed by atoms with Crippen molar-refractivity contribution >= 4 is 17.5 Å². The van der Waals surface area contributed by atoms with Crippen LogP contribution in [0.3, 0.4) is 0 Å². The van der Waals surface area contributed by atoms with Gasteiger partial charge >= 0.3 is 0 Å². The van der Waals surface area contributed by atoms with Crippen molar-refractivity contribution in [2.24, 2.45) is 7.05 Å². The minimum atomic E-state index is -0.357. The summed E-state index contributed by atoms with van der Waals surface area (Å²) in [5.41, 5.74) is 3.38. The number of aryl methyl sites for hydroxylation is 1. The lowest BCUT2D eigenvalue weighted by Crippen LogP contribution is -2.38. The summed E-state index contributed by atoms with van der Waals surface area (Å²) in [5.74, 6) is 1.39. The van der Waals surface area contributed by atoms with Gasteiger partial charge in [-0.2, -0.15) is 5.10 Å². The zero-order valence-electron chi connectivity index (χ0n) is 18.4. The molecule has 9 heteroatoms. The van der Waals surface area contributed by atoms with Gasteiger partial charge in [0.25, 0.3) is 0 Å². The fourth-order valence-corrected chi connectivity index (χ4v) is 4.28. The predicted molar refractivity (Wildman–Crippen MR) is 118 cm³/mol. The number of rotatable bonds is 4. The number of likely N-dealkylation sites (N-methyl/N-ethyl adjacent to an activating group) is 1. The lowest BCUT2D eigenvalue weighted by Gasteiger charge is -2.34. The average Bonchev–Trinajstić information content (AvgIpc) is 3.30. The van der Waals surface area contributed by atoms with E-state index in [2.05, 4.69) is 47.2 Å². The van der Waals surface area contributed by atoms with Crippen molar-refractivity contribution in [1.29, 1.82) is 0 Å². The van der Waals surface area contributed by atoms with Crippen molar-refractivity contribution in [1.82, 2.24) is 24.2 Å². The molecule has 2 aliphatic heterocycles. The van der Waals surface area contributed by atoms with Crippen LogP contribution in [0.15, 0.2) is 24.4 Å². The molecule has 0 fully saturated rings. The van der Waals surface area contributed by atoms with E-state index in [4.69, 9.17) is 9.72 Å². The van der Waals surface area contributed by atoms with Crippen LogP contribution < -0.4 is 15.0 Å². The second kappa shape index (κ2) is 7.56. The summed E-state index contributed by atoms with van der Waals surface area (Å²) >= 11 is 0. The van der Waals surface area contributed by atoms with E-state index >= 15 is 0 Å². The first kappa shape index (κ1) is 19.9. The summed E-state index contributed by atoms with van der Waals surface area (Å²) in [7, 11) is 4.03. The number of nitrogens with zero attached hydrogens (tertiary/aromatic N) is 6. The molecule has 0 spiro atoms. The monoisotopic (exact) mass is 425 g/mol. The molecule has 3 aromatic rings. The van der Waals surface area contributed by atoms with Gasteiger partial charge in [0, 0.05) is 44.0 Å². The van der Waals surface area contributed by atoms with E-state index in [0.717, 1.165) is 43.2 Å². The third kappa shape index (κ3) is 3.63. The van der Waals surface area contributed by atoms with Crippen molar-refractivity contribution in [2.45, 2.75) is 33.0 Å². The van der Waals surface area contributed by atoms with E-state index in [-0.39, 0.29) is 11.9 Å². The van der Waals surface area contributed by atoms with Crippen LogP contribution in [0.4, 0.5) is 21.8 Å². The number of hydrogen-bond acceptors (Lipinski definition) is 6. The number of benzene rings is 1. The van der Waals surface area contributed by atoms with Gasteiger partial charge < -0.3 is 19.5 Å². The maximum Gasteiger partial charge on any atom is 0.208 e. The predicted octanol–water partition coefficient (Wildman–Crippen LogP) is 3.22. The number of fused-ring (bicyclic) bond motifs is 2. The molecule has 8 nitrogen and oxygen atoms in total. The smallest absolute Gasteiger partial charge is 0.208 e. The van der Waals surface area contributed by atoms with E-state index in [9.17, 15) is 4.39 Å². The molecule has 0 radical (unpaired) electrons. The lowest BCUT2D eigenvalue weighted by atomic mass is 10.1. The molecule has 31 heavy (non-hydrogen) atoms. The first-order valence-corrected chi connectivity index (χ1v) is 10.7. The number of halogens is 1. The molecular weight excluding hydrogens is 397 g/mol. The Labute approximate surface area is 181 Å². The molecule has 2 aromatic heterocycles. The van der Waals surface area contributed by atoms with Crippen LogP contribution in [0.25, 0.3) is 11.3 Å². The van der Waals surface area contributed by atoms with Crippen LogP contribution in [0.1, 0.15) is 19.5 Å². The van der Waals surface area contributed by atoms with Crippen molar-refractivity contribution in [3.63, 3.8) is 0 Å². The fourth-order valence-electron chi connectivity index (χ4n) is 4.28. The molecule has 0 saturated heterocycles. The van der Waals surface area contributed by atoms with Crippen molar-refractivity contribution in [3.05, 3.63) is 35.9 Å². The Balaban J connectivity index is 1.45. The molecular formula is C22H28FN7O. The zero-order valence-corrected chi connectivity index (χ0v) is 18.4. The number of anilines is 3. The maximum absolute atomic E-state index is 14.9. The summed E-state index contributed by atoms with van der Waals surface area (Å²) in [4.78, 5) is 9.16. The Morgan fingerprint density at radius 1 is 1.13 bits per heavy atom. The second-order valence-electron chi connectivity index (χ2n) is 8.61. The maximum atomic E-state index is 14.9. The molecule has 0 saturated carbocycles. The summed E-state index contributed by atoms with van der Waals surface area (Å²) < 4.78 is 24.4. The SMILES string of the molecule is CC(C)N1CCOc2c(F)cc(-c3cn(C)c(Nc4cc5n(n4)CCN(C)C5)n3)cc21. The van der Waals surface area contributed by atoms with E-state index in [1.807, 2.05) is 28.6 Å². The van der Waals surface area contributed by atoms with Crippen LogP contribution in [-0.4, -0.2) is 57.0 Å². The Morgan fingerprint density at radius 2 is 1.97 bits per heavy atom. The third-order valence-corrected chi connectivity index (χ3v) is 5.94. The largest absolute Gasteiger partial charge is 0.486 e. The van der Waals surface area contributed by atoms with Gasteiger partial charge in [-0.25, -0.2) is 9.37 Å². The molecule has 1 aromatic carbocycles. The molecule has 0 atom stereocenters. The average molecular weight is 426 g/mol. The molecule has 0 amide bonds. The highest BCUT2D eigenvalue weighted by atomic mass is 19.1. The Hall–Kier alpha value is -3.07. The molecule has 0 unspecified atom stereocenters. The van der Waals surface area contributed by atoms with Gasteiger partial charge in [-0.3, -0.25) is 9.58 Å². The van der Waals surface area contributed by atoms with Crippen LogP contribution >= 0.6 is 0 Å². The summed E-state index contributed by atoms with van der Waals surface area (Å²) in [6.45, 7) is 8.18. The normalized spacial score (nSPS) is 16.3. The standard InChI is InChI=1S/C22H28FN7O/c1-14(2)29-7-8-31-21-17(23)9-15(10-19(21)29)18-13-28(4)22(24-18)25-20-11-16-12-27(3)5-6-30(16)26-20/h9-11,13-14H,5-8,12H2,1-4H3,(H,24,25,26). The minimum Gasteiger partial charge on any atom is -0.486 e. The second-order valence-corrected chi connectivity index (χ2v) is 8.61. The number of hydrogen-bond donors (Lipinski definition) is 1. The van der Waals surface area contributed by atoms with Gasteiger partial charge in [0.1, 0.15) is 6.61 Å². The first-order chi connectivity index (χ1) is 14.9. The highest BCUT2D eigenvalue weighted by Crippen LogP contribution is 2.39. The highest BCUT2D eigenvalue weighted by molar-refractivity contribution is 5.73. The number of ether oxygens (including phenoxy) is 1. The molecule has 164 valence electrons. The Kier molecular flexibility index (Phi) is 4.85. The summed E-state index contributed by atoms with van der Waals surface area (Å²) in [6, 6.07) is 5.78. The van der Waals surface area contributed by atoms with Gasteiger partial charge in [-0.1, -0.05) is 0 Å². The number of imidazole rings is 1. The summed E-state index contributed by atoms with van der Waals surface area (Å²) in [6.07, 6.45) is 1.90. The molecule has 2 aliphatic rings. The number of aromatic nitrogens is 4.